The Morgan fingerprint density at radius 1 is 1.45 bits per heavy atom. The van der Waals surface area contributed by atoms with Gasteiger partial charge in [-0.1, -0.05) is 6.07 Å². The maximum absolute atomic E-state index is 12.6. The SMILES string of the molecule is COc1cccc(C(=O)N2CCCC(N(C)C)C2)c1N. The molecule has 2 N–H and O–H groups in total. The van der Waals surface area contributed by atoms with Gasteiger partial charge >= 0.3 is 0 Å². The molecule has 1 aliphatic rings. The van der Waals surface area contributed by atoms with Crippen LogP contribution in [-0.4, -0.2) is 56.0 Å². The monoisotopic (exact) mass is 277 g/mol. The van der Waals surface area contributed by atoms with Crippen LogP contribution < -0.4 is 10.5 Å². The van der Waals surface area contributed by atoms with Gasteiger partial charge in [0.15, 0.2) is 0 Å². The number of ether oxygens (including phenoxy) is 1. The molecule has 1 fully saturated rings. The van der Waals surface area contributed by atoms with Gasteiger partial charge in [-0.3, -0.25) is 4.79 Å². The molecule has 110 valence electrons. The fourth-order valence-corrected chi connectivity index (χ4v) is 2.64. The van der Waals surface area contributed by atoms with Crippen molar-refractivity contribution in [3.63, 3.8) is 0 Å². The van der Waals surface area contributed by atoms with Crippen LogP contribution in [0.25, 0.3) is 0 Å². The van der Waals surface area contributed by atoms with Gasteiger partial charge in [-0.2, -0.15) is 0 Å². The minimum Gasteiger partial charge on any atom is -0.495 e. The van der Waals surface area contributed by atoms with E-state index in [1.807, 2.05) is 4.90 Å². The molecule has 1 aromatic rings. The molecule has 1 saturated heterocycles. The van der Waals surface area contributed by atoms with Gasteiger partial charge in [0.05, 0.1) is 18.4 Å². The van der Waals surface area contributed by atoms with Crippen molar-refractivity contribution in [2.75, 3.05) is 40.0 Å². The summed E-state index contributed by atoms with van der Waals surface area (Å²) >= 11 is 0. The molecule has 1 unspecified atom stereocenters. The Kier molecular flexibility index (Phi) is 4.49. The number of nitrogens with two attached hydrogens (primary N) is 1. The molecule has 1 aliphatic heterocycles. The minimum absolute atomic E-state index is 0.00653. The Morgan fingerprint density at radius 2 is 2.20 bits per heavy atom. The van der Waals surface area contributed by atoms with Gasteiger partial charge in [0, 0.05) is 19.1 Å². The van der Waals surface area contributed by atoms with Crippen LogP contribution in [0.15, 0.2) is 18.2 Å². The van der Waals surface area contributed by atoms with E-state index in [1.54, 1.807) is 25.3 Å². The number of carbonyl (C=O) groups excluding carboxylic acids is 1. The van der Waals surface area contributed by atoms with E-state index in [0.29, 0.717) is 23.0 Å². The fourth-order valence-electron chi connectivity index (χ4n) is 2.64. The van der Waals surface area contributed by atoms with Gasteiger partial charge in [-0.25, -0.2) is 0 Å². The van der Waals surface area contributed by atoms with E-state index in [9.17, 15) is 4.79 Å². The highest BCUT2D eigenvalue weighted by atomic mass is 16.5. The number of likely N-dealkylation sites (tertiary alicyclic amines) is 1. The lowest BCUT2D eigenvalue weighted by Gasteiger charge is -2.36. The number of piperidine rings is 1. The average molecular weight is 277 g/mol. The standard InChI is InChI=1S/C15H23N3O2/c1-17(2)11-6-5-9-18(10-11)15(19)12-7-4-8-13(20-3)14(12)16/h4,7-8,11H,5-6,9-10,16H2,1-3H3. The van der Waals surface area contributed by atoms with Gasteiger partial charge in [-0.05, 0) is 39.1 Å². The van der Waals surface area contributed by atoms with Crippen LogP contribution >= 0.6 is 0 Å². The third kappa shape index (κ3) is 2.88. The number of nitrogen functional groups attached to an aromatic ring is 1. The number of rotatable bonds is 3. The molecule has 5 nitrogen and oxygen atoms in total. The van der Waals surface area contributed by atoms with E-state index < -0.39 is 0 Å². The molecule has 0 aliphatic carbocycles. The third-order valence-electron chi connectivity index (χ3n) is 3.93. The molecule has 1 heterocycles. The predicted octanol–water partition coefficient (Wildman–Crippen LogP) is 1.44. The second kappa shape index (κ2) is 6.13. The Labute approximate surface area is 120 Å². The van der Waals surface area contributed by atoms with Crippen LogP contribution in [0, 0.1) is 0 Å². The smallest absolute Gasteiger partial charge is 0.256 e. The quantitative estimate of drug-likeness (QED) is 0.849. The lowest BCUT2D eigenvalue weighted by Crippen LogP contribution is -2.47. The first-order chi connectivity index (χ1) is 9.54. The van der Waals surface area contributed by atoms with Crippen LogP contribution in [0.5, 0.6) is 5.75 Å². The zero-order valence-corrected chi connectivity index (χ0v) is 12.4. The van der Waals surface area contributed by atoms with Crippen molar-refractivity contribution >= 4 is 11.6 Å². The zero-order chi connectivity index (χ0) is 14.7. The van der Waals surface area contributed by atoms with Gasteiger partial charge in [0.1, 0.15) is 5.75 Å². The molecule has 0 radical (unpaired) electrons. The van der Waals surface area contributed by atoms with Crippen LogP contribution in [0.1, 0.15) is 23.2 Å². The Bertz CT molecular complexity index is 488. The summed E-state index contributed by atoms with van der Waals surface area (Å²) in [6, 6.07) is 5.75. The Morgan fingerprint density at radius 3 is 2.85 bits per heavy atom. The largest absolute Gasteiger partial charge is 0.495 e. The van der Waals surface area contributed by atoms with E-state index in [4.69, 9.17) is 10.5 Å². The van der Waals surface area contributed by atoms with Crippen LogP contribution in [0.2, 0.25) is 0 Å². The fraction of sp³-hybridized carbons (Fsp3) is 0.533. The van der Waals surface area contributed by atoms with E-state index in [0.717, 1.165) is 25.9 Å². The number of methoxy groups -OCH3 is 1. The first-order valence-corrected chi connectivity index (χ1v) is 6.92. The highest BCUT2D eigenvalue weighted by Crippen LogP contribution is 2.27. The van der Waals surface area contributed by atoms with E-state index >= 15 is 0 Å². The summed E-state index contributed by atoms with van der Waals surface area (Å²) in [6.07, 6.45) is 2.16. The molecule has 5 heteroatoms. The summed E-state index contributed by atoms with van der Waals surface area (Å²) in [5.74, 6) is 0.546. The van der Waals surface area contributed by atoms with Gasteiger partial charge in [0.2, 0.25) is 0 Å². The summed E-state index contributed by atoms with van der Waals surface area (Å²) in [6.45, 7) is 1.54. The number of likely N-dealkylation sites (N-methyl/N-ethyl adjacent to an activating group) is 1. The lowest BCUT2D eigenvalue weighted by molar-refractivity contribution is 0.0636. The molecule has 0 bridgehead atoms. The number of benzene rings is 1. The van der Waals surface area contributed by atoms with Gasteiger partial charge in [0.25, 0.3) is 5.91 Å². The molecule has 20 heavy (non-hydrogen) atoms. The Hall–Kier alpha value is -1.75. The first-order valence-electron chi connectivity index (χ1n) is 6.92. The van der Waals surface area contributed by atoms with Crippen molar-refractivity contribution in [2.24, 2.45) is 0 Å². The van der Waals surface area contributed by atoms with Crippen molar-refractivity contribution in [1.29, 1.82) is 0 Å². The number of hydrogen-bond donors (Lipinski definition) is 1. The molecule has 1 atom stereocenters. The topological polar surface area (TPSA) is 58.8 Å². The second-order valence-corrected chi connectivity index (χ2v) is 5.43. The van der Waals surface area contributed by atoms with Crippen LogP contribution in [0.3, 0.4) is 0 Å². The van der Waals surface area contributed by atoms with Gasteiger partial charge in [-0.15, -0.1) is 0 Å². The molecule has 2 rings (SSSR count). The summed E-state index contributed by atoms with van der Waals surface area (Å²) in [7, 11) is 5.67. The molecule has 1 aromatic carbocycles. The number of nitrogens with zero attached hydrogens (tertiary/aromatic N) is 2. The molecule has 0 saturated carbocycles. The second-order valence-electron chi connectivity index (χ2n) is 5.43. The zero-order valence-electron chi connectivity index (χ0n) is 12.4. The predicted molar refractivity (Wildman–Crippen MR) is 80.0 cm³/mol. The number of anilines is 1. The van der Waals surface area contributed by atoms with E-state index in [-0.39, 0.29) is 5.91 Å². The van der Waals surface area contributed by atoms with Crippen LogP contribution in [-0.2, 0) is 0 Å². The molecular formula is C15H23N3O2. The summed E-state index contributed by atoms with van der Waals surface area (Å²) in [5, 5.41) is 0. The molecule has 1 amide bonds. The van der Waals surface area contributed by atoms with Crippen molar-refractivity contribution in [3.8, 4) is 5.75 Å². The molecule has 0 spiro atoms. The normalized spacial score (nSPS) is 19.2. The Balaban J connectivity index is 2.19. The summed E-state index contributed by atoms with van der Waals surface area (Å²) < 4.78 is 5.18. The highest BCUT2D eigenvalue weighted by Gasteiger charge is 2.27. The van der Waals surface area contributed by atoms with Gasteiger partial charge < -0.3 is 20.3 Å². The third-order valence-corrected chi connectivity index (χ3v) is 3.93. The number of carbonyl (C=O) groups is 1. The summed E-state index contributed by atoms with van der Waals surface area (Å²) in [4.78, 5) is 16.7. The number of para-hydroxylation sites is 1. The minimum atomic E-state index is -0.00653. The maximum atomic E-state index is 12.6. The highest BCUT2D eigenvalue weighted by molar-refractivity contribution is 6.00. The van der Waals surface area contributed by atoms with Crippen molar-refractivity contribution in [2.45, 2.75) is 18.9 Å². The van der Waals surface area contributed by atoms with Crippen LogP contribution in [0.4, 0.5) is 5.69 Å². The maximum Gasteiger partial charge on any atom is 0.256 e. The van der Waals surface area contributed by atoms with Crippen molar-refractivity contribution in [3.05, 3.63) is 23.8 Å². The molecule has 0 aromatic heterocycles. The first kappa shape index (κ1) is 14.7. The van der Waals surface area contributed by atoms with E-state index in [1.165, 1.54) is 0 Å². The van der Waals surface area contributed by atoms with Crippen molar-refractivity contribution < 1.29 is 9.53 Å². The average Bonchev–Trinajstić information content (AvgIpc) is 2.47. The summed E-state index contributed by atoms with van der Waals surface area (Å²) in [5.41, 5.74) is 6.97. The number of amides is 1. The number of hydrogen-bond acceptors (Lipinski definition) is 4. The van der Waals surface area contributed by atoms with Crippen molar-refractivity contribution in [1.82, 2.24) is 9.80 Å². The molecular weight excluding hydrogens is 254 g/mol. The lowest BCUT2D eigenvalue weighted by atomic mass is 10.0. The van der Waals surface area contributed by atoms with E-state index in [2.05, 4.69) is 19.0 Å².